The van der Waals surface area contributed by atoms with E-state index >= 15 is 0 Å². The van der Waals surface area contributed by atoms with Gasteiger partial charge in [0, 0.05) is 32.6 Å². The first-order valence-electron chi connectivity index (χ1n) is 5.37. The van der Waals surface area contributed by atoms with Gasteiger partial charge in [-0.15, -0.1) is 0 Å². The van der Waals surface area contributed by atoms with Crippen molar-refractivity contribution in [1.82, 2.24) is 0 Å². The monoisotopic (exact) mass is 412 g/mol. The fraction of sp³-hybridized carbons (Fsp3) is 0.636. The lowest BCUT2D eigenvalue weighted by molar-refractivity contribution is -0.109. The molecule has 0 nitrogen and oxygen atoms in total. The van der Waals surface area contributed by atoms with Crippen molar-refractivity contribution in [3.05, 3.63) is 23.3 Å². The summed E-state index contributed by atoms with van der Waals surface area (Å²) in [6.07, 6.45) is -7.46. The van der Waals surface area contributed by atoms with Crippen molar-refractivity contribution in [3.8, 4) is 0 Å². The first-order valence-corrected chi connectivity index (χ1v) is 7.21. The highest BCUT2D eigenvalue weighted by Crippen LogP contribution is 2.52. The summed E-state index contributed by atoms with van der Waals surface area (Å²) in [6.45, 7) is 0. The van der Waals surface area contributed by atoms with Crippen LogP contribution in [0.25, 0.3) is 0 Å². The smallest absolute Gasteiger partial charge is 0.166 e. The van der Waals surface area contributed by atoms with Crippen LogP contribution in [0.4, 0.5) is 26.3 Å². The molecule has 0 radical (unpaired) electrons. The molecule has 0 aromatic heterocycles. The third-order valence-electron chi connectivity index (χ3n) is 3.41. The second-order valence-electron chi connectivity index (χ2n) is 4.58. The maximum atomic E-state index is 12.9. The fourth-order valence-corrected chi connectivity index (χ4v) is 4.13. The average Bonchev–Trinajstić information content (AvgIpc) is 2.23. The zero-order chi connectivity index (χ0) is 14.6. The Morgan fingerprint density at radius 2 is 1.11 bits per heavy atom. The van der Waals surface area contributed by atoms with Crippen LogP contribution in [0.5, 0.6) is 0 Å². The molecular formula is C11H8Br2F6. The molecule has 2 rings (SSSR count). The Balaban J connectivity index is 2.42. The summed E-state index contributed by atoms with van der Waals surface area (Å²) in [7, 11) is 0. The van der Waals surface area contributed by atoms with Gasteiger partial charge in [0.05, 0.1) is 0 Å². The molecule has 2 aliphatic carbocycles. The zero-order valence-electron chi connectivity index (χ0n) is 9.19. The summed E-state index contributed by atoms with van der Waals surface area (Å²) in [4.78, 5) is -1.90. The van der Waals surface area contributed by atoms with Gasteiger partial charge in [0.25, 0.3) is 0 Å². The average molecular weight is 414 g/mol. The minimum absolute atomic E-state index is 0.164. The lowest BCUT2D eigenvalue weighted by Crippen LogP contribution is -2.41. The van der Waals surface area contributed by atoms with Gasteiger partial charge in [0.1, 0.15) is 0 Å². The summed E-state index contributed by atoms with van der Waals surface area (Å²) in [5.41, 5.74) is -1.52. The molecule has 4 atom stereocenters. The Bertz CT molecular complexity index is 393. The van der Waals surface area contributed by atoms with Gasteiger partial charge in [-0.05, 0) is 6.42 Å². The highest BCUT2D eigenvalue weighted by molar-refractivity contribution is 9.10. The van der Waals surface area contributed by atoms with E-state index in [0.717, 1.165) is 12.2 Å². The Kier molecular flexibility index (Phi) is 3.88. The summed E-state index contributed by atoms with van der Waals surface area (Å²) >= 11 is 5.86. The Labute approximate surface area is 122 Å². The van der Waals surface area contributed by atoms with Gasteiger partial charge in [-0.25, -0.2) is 0 Å². The third-order valence-corrected chi connectivity index (χ3v) is 5.21. The van der Waals surface area contributed by atoms with E-state index in [-0.39, 0.29) is 6.42 Å². The van der Waals surface area contributed by atoms with Crippen LogP contribution in [0.15, 0.2) is 23.3 Å². The number of hydrogen-bond donors (Lipinski definition) is 0. The number of allylic oxidation sites excluding steroid dienone is 4. The number of alkyl halides is 8. The van der Waals surface area contributed by atoms with E-state index in [9.17, 15) is 26.3 Å². The van der Waals surface area contributed by atoms with Crippen LogP contribution in [-0.4, -0.2) is 22.0 Å². The highest BCUT2D eigenvalue weighted by atomic mass is 79.9. The molecule has 0 aromatic carbocycles. The number of fused-ring (bicyclic) bond motifs is 2. The molecule has 108 valence electrons. The minimum Gasteiger partial charge on any atom is -0.166 e. The molecule has 2 aliphatic rings. The van der Waals surface area contributed by atoms with Crippen molar-refractivity contribution in [2.75, 3.05) is 0 Å². The molecule has 0 heterocycles. The van der Waals surface area contributed by atoms with Crippen LogP contribution in [0.2, 0.25) is 0 Å². The normalized spacial score (nSPS) is 35.8. The second kappa shape index (κ2) is 4.79. The van der Waals surface area contributed by atoms with Crippen molar-refractivity contribution in [2.45, 2.75) is 28.4 Å². The van der Waals surface area contributed by atoms with Gasteiger partial charge in [-0.1, -0.05) is 44.0 Å². The van der Waals surface area contributed by atoms with E-state index in [1.807, 2.05) is 0 Å². The first kappa shape index (κ1) is 15.4. The summed E-state index contributed by atoms with van der Waals surface area (Å²) in [5, 5.41) is 0. The SMILES string of the molecule is FC(F)(F)C1=C[C@@H](Br)[C@H]2C[C@@H]1[C@H](Br)C=C2C(F)(F)F. The van der Waals surface area contributed by atoms with Gasteiger partial charge in [0.2, 0.25) is 0 Å². The van der Waals surface area contributed by atoms with Gasteiger partial charge in [-0.2, -0.15) is 26.3 Å². The van der Waals surface area contributed by atoms with Crippen molar-refractivity contribution in [2.24, 2.45) is 11.8 Å². The van der Waals surface area contributed by atoms with Crippen molar-refractivity contribution in [1.29, 1.82) is 0 Å². The third kappa shape index (κ3) is 2.89. The summed E-state index contributed by atoms with van der Waals surface area (Å²) in [5.74, 6) is -1.94. The van der Waals surface area contributed by atoms with Crippen molar-refractivity contribution < 1.29 is 26.3 Å². The molecule has 2 bridgehead atoms. The molecule has 8 heteroatoms. The van der Waals surface area contributed by atoms with E-state index in [2.05, 4.69) is 31.9 Å². The van der Waals surface area contributed by atoms with E-state index < -0.39 is 45.0 Å². The quantitative estimate of drug-likeness (QED) is 0.293. The minimum atomic E-state index is -4.52. The molecule has 0 saturated heterocycles. The maximum Gasteiger partial charge on any atom is 0.412 e. The maximum absolute atomic E-state index is 12.9. The number of halogens is 8. The highest BCUT2D eigenvalue weighted by Gasteiger charge is 2.52. The van der Waals surface area contributed by atoms with Crippen LogP contribution < -0.4 is 0 Å². The van der Waals surface area contributed by atoms with E-state index in [0.29, 0.717) is 0 Å². The molecule has 0 fully saturated rings. The molecule has 0 aliphatic heterocycles. The number of rotatable bonds is 0. The largest absolute Gasteiger partial charge is 0.412 e. The zero-order valence-corrected chi connectivity index (χ0v) is 12.4. The predicted octanol–water partition coefficient (Wildman–Crippen LogP) is 5.14. The van der Waals surface area contributed by atoms with Gasteiger partial charge in [-0.3, -0.25) is 0 Å². The van der Waals surface area contributed by atoms with Crippen LogP contribution in [-0.2, 0) is 0 Å². The van der Waals surface area contributed by atoms with Gasteiger partial charge >= 0.3 is 12.4 Å². The fourth-order valence-electron chi connectivity index (χ4n) is 2.56. The molecular weight excluding hydrogens is 406 g/mol. The number of hydrogen-bond acceptors (Lipinski definition) is 0. The summed E-state index contributed by atoms with van der Waals surface area (Å²) < 4.78 is 77.1. The van der Waals surface area contributed by atoms with Crippen LogP contribution in [0, 0.1) is 11.8 Å². The van der Waals surface area contributed by atoms with E-state index in [1.165, 1.54) is 0 Å². The molecule has 0 unspecified atom stereocenters. The Hall–Kier alpha value is 0.0200. The van der Waals surface area contributed by atoms with Crippen LogP contribution in [0.1, 0.15) is 6.42 Å². The van der Waals surface area contributed by atoms with E-state index in [4.69, 9.17) is 0 Å². The standard InChI is InChI=1S/C11H8Br2F6/c12-8-2-6(10(14,15)16)4-1-5(8)7(3-9(4)13)11(17,18)19/h2-5,8-9H,1H2/t4-,5-,8+,9+/m0/s1. The molecule has 0 N–H and O–H groups in total. The molecule has 19 heavy (non-hydrogen) atoms. The van der Waals surface area contributed by atoms with E-state index in [1.54, 1.807) is 0 Å². The summed E-state index contributed by atoms with van der Waals surface area (Å²) in [6, 6.07) is 0. The second-order valence-corrected chi connectivity index (χ2v) is 6.69. The Morgan fingerprint density at radius 3 is 1.37 bits per heavy atom. The Morgan fingerprint density at radius 1 is 0.789 bits per heavy atom. The van der Waals surface area contributed by atoms with Crippen LogP contribution in [0.3, 0.4) is 0 Å². The van der Waals surface area contributed by atoms with Crippen LogP contribution >= 0.6 is 31.9 Å². The molecule has 0 spiro atoms. The van der Waals surface area contributed by atoms with Crippen molar-refractivity contribution >= 4 is 31.9 Å². The predicted molar refractivity (Wildman–Crippen MR) is 65.3 cm³/mol. The lowest BCUT2D eigenvalue weighted by Gasteiger charge is -2.41. The molecule has 0 amide bonds. The van der Waals surface area contributed by atoms with Gasteiger partial charge < -0.3 is 0 Å². The van der Waals surface area contributed by atoms with Gasteiger partial charge in [0.15, 0.2) is 0 Å². The van der Waals surface area contributed by atoms with Crippen molar-refractivity contribution in [3.63, 3.8) is 0 Å². The topological polar surface area (TPSA) is 0 Å². The molecule has 0 saturated carbocycles. The molecule has 0 aromatic rings. The first-order chi connectivity index (χ1) is 8.51. The lowest BCUT2D eigenvalue weighted by atomic mass is 9.71.